The molecule has 7 heteroatoms. The lowest BCUT2D eigenvalue weighted by molar-refractivity contribution is -0.139. The second-order valence-electron chi connectivity index (χ2n) is 5.97. The van der Waals surface area contributed by atoms with E-state index in [4.69, 9.17) is 4.74 Å². The number of piperidine rings is 2. The van der Waals surface area contributed by atoms with Crippen molar-refractivity contribution in [2.75, 3.05) is 0 Å². The molecule has 0 aromatic carbocycles. The Labute approximate surface area is 126 Å². The lowest BCUT2D eigenvalue weighted by Crippen LogP contribution is -2.61. The van der Waals surface area contributed by atoms with Gasteiger partial charge in [0.15, 0.2) is 0 Å². The van der Waals surface area contributed by atoms with Crippen molar-refractivity contribution in [1.29, 1.82) is 0 Å². The number of alkyl halides is 3. The number of pyridine rings is 1. The number of nitrogens with zero attached hydrogens (tertiary/aromatic N) is 2. The average molecular weight is 314 g/mol. The highest BCUT2D eigenvalue weighted by Gasteiger charge is 2.46. The minimum Gasteiger partial charge on any atom is -0.472 e. The van der Waals surface area contributed by atoms with Crippen LogP contribution in [0.3, 0.4) is 0 Å². The summed E-state index contributed by atoms with van der Waals surface area (Å²) in [5, 5.41) is 0. The van der Waals surface area contributed by atoms with Gasteiger partial charge in [-0.3, -0.25) is 4.79 Å². The molecule has 3 fully saturated rings. The number of hydrogen-bond acceptors (Lipinski definition) is 3. The molecule has 4 nitrogen and oxygen atoms in total. The molecule has 4 atom stereocenters. The fraction of sp³-hybridized carbons (Fsp3) is 0.600. The third kappa shape index (κ3) is 2.64. The summed E-state index contributed by atoms with van der Waals surface area (Å²) in [6, 6.07) is 2.36. The summed E-state index contributed by atoms with van der Waals surface area (Å²) in [4.78, 5) is 16.8. The zero-order chi connectivity index (χ0) is 15.9. The Balaban J connectivity index is 1.72. The summed E-state index contributed by atoms with van der Waals surface area (Å²) in [6.45, 7) is 2.03. The van der Waals surface area contributed by atoms with Crippen LogP contribution in [-0.2, 0) is 11.0 Å². The molecular weight excluding hydrogens is 297 g/mol. The van der Waals surface area contributed by atoms with Gasteiger partial charge in [0, 0.05) is 18.3 Å². The van der Waals surface area contributed by atoms with Crippen molar-refractivity contribution >= 4 is 6.41 Å². The molecule has 1 saturated carbocycles. The Morgan fingerprint density at radius 2 is 2.14 bits per heavy atom. The molecule has 3 heterocycles. The monoisotopic (exact) mass is 314 g/mol. The number of amides is 1. The maximum Gasteiger partial charge on any atom is 0.417 e. The molecule has 2 aliphatic heterocycles. The van der Waals surface area contributed by atoms with Crippen LogP contribution in [0, 0.1) is 5.92 Å². The van der Waals surface area contributed by atoms with Gasteiger partial charge >= 0.3 is 6.18 Å². The highest BCUT2D eigenvalue weighted by Crippen LogP contribution is 2.40. The molecule has 1 aromatic heterocycles. The Kier molecular flexibility index (Phi) is 3.74. The summed E-state index contributed by atoms with van der Waals surface area (Å²) in [6.07, 6.45) is -0.272. The van der Waals surface area contributed by atoms with E-state index in [1.165, 1.54) is 6.07 Å². The van der Waals surface area contributed by atoms with Crippen LogP contribution in [-0.4, -0.2) is 34.5 Å². The fourth-order valence-electron chi connectivity index (χ4n) is 3.54. The SMILES string of the molecule is C[C@@H]1[C@@H]2CC[C@@H]([C@H](Oc3ccc(C(F)(F)F)cn3)C2)N1C=O. The van der Waals surface area contributed by atoms with Crippen molar-refractivity contribution in [3.8, 4) is 5.88 Å². The Bertz CT molecular complexity index is 547. The molecule has 0 unspecified atom stereocenters. The molecule has 3 aliphatic rings. The maximum atomic E-state index is 12.5. The van der Waals surface area contributed by atoms with Crippen LogP contribution in [0.15, 0.2) is 18.3 Å². The van der Waals surface area contributed by atoms with Gasteiger partial charge in [0.1, 0.15) is 6.10 Å². The number of aromatic nitrogens is 1. The molecule has 2 bridgehead atoms. The van der Waals surface area contributed by atoms with Crippen molar-refractivity contribution < 1.29 is 22.7 Å². The number of rotatable bonds is 3. The van der Waals surface area contributed by atoms with Gasteiger partial charge in [0.25, 0.3) is 0 Å². The predicted molar refractivity (Wildman–Crippen MR) is 72.1 cm³/mol. The highest BCUT2D eigenvalue weighted by molar-refractivity contribution is 5.49. The van der Waals surface area contributed by atoms with E-state index in [1.807, 2.05) is 6.92 Å². The number of carbonyl (C=O) groups is 1. The number of carbonyl (C=O) groups excluding carboxylic acids is 1. The first-order chi connectivity index (χ1) is 10.4. The summed E-state index contributed by atoms with van der Waals surface area (Å²) >= 11 is 0. The normalized spacial score (nSPS) is 31.2. The second-order valence-corrected chi connectivity index (χ2v) is 5.97. The van der Waals surface area contributed by atoms with E-state index < -0.39 is 11.7 Å². The third-order valence-electron chi connectivity index (χ3n) is 4.79. The van der Waals surface area contributed by atoms with Crippen molar-refractivity contribution in [2.45, 2.75) is 50.6 Å². The maximum absolute atomic E-state index is 12.5. The van der Waals surface area contributed by atoms with Crippen LogP contribution in [0.25, 0.3) is 0 Å². The van der Waals surface area contributed by atoms with Crippen LogP contribution < -0.4 is 4.74 Å². The summed E-state index contributed by atoms with van der Waals surface area (Å²) in [5.74, 6) is 0.540. The molecule has 1 aromatic rings. The van der Waals surface area contributed by atoms with Gasteiger partial charge in [-0.2, -0.15) is 13.2 Å². The zero-order valence-corrected chi connectivity index (χ0v) is 12.1. The lowest BCUT2D eigenvalue weighted by atomic mass is 9.74. The summed E-state index contributed by atoms with van der Waals surface area (Å²) in [5.41, 5.74) is -0.798. The predicted octanol–water partition coefficient (Wildman–Crippen LogP) is 2.88. The minimum atomic E-state index is -4.40. The minimum absolute atomic E-state index is 0.0263. The van der Waals surface area contributed by atoms with E-state index in [-0.39, 0.29) is 24.1 Å². The largest absolute Gasteiger partial charge is 0.472 e. The van der Waals surface area contributed by atoms with E-state index in [0.717, 1.165) is 37.9 Å². The standard InChI is InChI=1S/C15H17F3N2O2/c1-9-10-2-4-12(20(9)8-21)13(6-10)22-14-5-3-11(7-19-14)15(16,17)18/h3,5,7-10,12-13H,2,4,6H2,1H3/t9-,10-,12+,13-/m1/s1. The first kappa shape index (κ1) is 15.1. The van der Waals surface area contributed by atoms with Gasteiger partial charge in [0.05, 0.1) is 11.6 Å². The molecular formula is C15H17F3N2O2. The van der Waals surface area contributed by atoms with Crippen LogP contribution >= 0.6 is 0 Å². The molecule has 2 saturated heterocycles. The van der Waals surface area contributed by atoms with Gasteiger partial charge in [-0.25, -0.2) is 4.98 Å². The van der Waals surface area contributed by atoms with E-state index >= 15 is 0 Å². The first-order valence-corrected chi connectivity index (χ1v) is 7.33. The number of fused-ring (bicyclic) bond motifs is 3. The molecule has 1 aliphatic carbocycles. The van der Waals surface area contributed by atoms with E-state index in [2.05, 4.69) is 4.98 Å². The first-order valence-electron chi connectivity index (χ1n) is 7.33. The van der Waals surface area contributed by atoms with E-state index in [1.54, 1.807) is 4.90 Å². The van der Waals surface area contributed by atoms with Gasteiger partial charge in [0.2, 0.25) is 12.3 Å². The van der Waals surface area contributed by atoms with Crippen molar-refractivity contribution in [2.24, 2.45) is 5.92 Å². The van der Waals surface area contributed by atoms with Gasteiger partial charge in [-0.05, 0) is 38.2 Å². The molecule has 120 valence electrons. The molecule has 4 rings (SSSR count). The smallest absolute Gasteiger partial charge is 0.417 e. The van der Waals surface area contributed by atoms with E-state index in [9.17, 15) is 18.0 Å². The van der Waals surface area contributed by atoms with Gasteiger partial charge in [-0.1, -0.05) is 0 Å². The summed E-state index contributed by atoms with van der Waals surface area (Å²) in [7, 11) is 0. The topological polar surface area (TPSA) is 42.4 Å². The Morgan fingerprint density at radius 1 is 1.36 bits per heavy atom. The van der Waals surface area contributed by atoms with Crippen molar-refractivity contribution in [3.63, 3.8) is 0 Å². The second kappa shape index (κ2) is 5.44. The van der Waals surface area contributed by atoms with Crippen LogP contribution in [0.2, 0.25) is 0 Å². The number of halogens is 3. The average Bonchev–Trinajstić information content (AvgIpc) is 2.48. The van der Waals surface area contributed by atoms with Crippen LogP contribution in [0.5, 0.6) is 5.88 Å². The molecule has 0 radical (unpaired) electrons. The Morgan fingerprint density at radius 3 is 2.73 bits per heavy atom. The molecule has 0 N–H and O–H groups in total. The number of hydrogen-bond donors (Lipinski definition) is 0. The molecule has 1 amide bonds. The van der Waals surface area contributed by atoms with Crippen LogP contribution in [0.1, 0.15) is 31.7 Å². The molecule has 0 spiro atoms. The quantitative estimate of drug-likeness (QED) is 0.806. The van der Waals surface area contributed by atoms with Crippen molar-refractivity contribution in [3.05, 3.63) is 23.9 Å². The van der Waals surface area contributed by atoms with E-state index in [0.29, 0.717) is 5.92 Å². The van der Waals surface area contributed by atoms with Crippen LogP contribution in [0.4, 0.5) is 13.2 Å². The van der Waals surface area contributed by atoms with Crippen molar-refractivity contribution in [1.82, 2.24) is 9.88 Å². The van der Waals surface area contributed by atoms with Gasteiger partial charge in [-0.15, -0.1) is 0 Å². The summed E-state index contributed by atoms with van der Waals surface area (Å²) < 4.78 is 43.3. The fourth-order valence-corrected chi connectivity index (χ4v) is 3.54. The number of ether oxygens (including phenoxy) is 1. The highest BCUT2D eigenvalue weighted by atomic mass is 19.4. The lowest BCUT2D eigenvalue weighted by Gasteiger charge is -2.52. The van der Waals surface area contributed by atoms with Gasteiger partial charge < -0.3 is 9.64 Å². The molecule has 22 heavy (non-hydrogen) atoms. The third-order valence-corrected chi connectivity index (χ3v) is 4.79. The Hall–Kier alpha value is -1.79. The zero-order valence-electron chi connectivity index (χ0n) is 12.1.